The number of anilines is 1. The van der Waals surface area contributed by atoms with Crippen LogP contribution in [-0.2, 0) is 0 Å². The topological polar surface area (TPSA) is 42.1 Å². The van der Waals surface area contributed by atoms with Crippen molar-refractivity contribution in [1.82, 2.24) is 4.98 Å². The van der Waals surface area contributed by atoms with Gasteiger partial charge in [-0.2, -0.15) is 0 Å². The first-order valence-electron chi connectivity index (χ1n) is 6.19. The van der Waals surface area contributed by atoms with E-state index in [4.69, 9.17) is 10.7 Å². The summed E-state index contributed by atoms with van der Waals surface area (Å²) in [4.78, 5) is 7.04. The predicted octanol–water partition coefficient (Wildman–Crippen LogP) is 2.16. The minimum Gasteiger partial charge on any atom is -0.356 e. The van der Waals surface area contributed by atoms with E-state index in [1.54, 1.807) is 0 Å². The lowest BCUT2D eigenvalue weighted by Gasteiger charge is -2.31. The SMILES string of the molecule is NC1CCN(c2ccc3ccccc3n2)CC1. The van der Waals surface area contributed by atoms with E-state index in [1.165, 1.54) is 5.39 Å². The highest BCUT2D eigenvalue weighted by atomic mass is 15.2. The van der Waals surface area contributed by atoms with Crippen molar-refractivity contribution in [3.63, 3.8) is 0 Å². The lowest BCUT2D eigenvalue weighted by molar-refractivity contribution is 0.499. The molecule has 17 heavy (non-hydrogen) atoms. The molecule has 3 heteroatoms. The average Bonchev–Trinajstić information content (AvgIpc) is 2.39. The third-order valence-corrected chi connectivity index (χ3v) is 3.45. The molecule has 3 rings (SSSR count). The maximum Gasteiger partial charge on any atom is 0.129 e. The summed E-state index contributed by atoms with van der Waals surface area (Å²) in [6.45, 7) is 2.04. The van der Waals surface area contributed by atoms with Gasteiger partial charge in [-0.05, 0) is 31.0 Å². The number of hydrogen-bond donors (Lipinski definition) is 1. The fourth-order valence-corrected chi connectivity index (χ4v) is 2.36. The van der Waals surface area contributed by atoms with Gasteiger partial charge in [0.2, 0.25) is 0 Å². The van der Waals surface area contributed by atoms with Gasteiger partial charge >= 0.3 is 0 Å². The molecule has 88 valence electrons. The molecule has 2 aromatic rings. The fourth-order valence-electron chi connectivity index (χ4n) is 2.36. The Morgan fingerprint density at radius 2 is 1.82 bits per heavy atom. The molecule has 1 aliphatic rings. The zero-order valence-electron chi connectivity index (χ0n) is 9.84. The summed E-state index contributed by atoms with van der Waals surface area (Å²) in [6.07, 6.45) is 2.13. The Labute approximate surface area is 101 Å². The molecule has 0 saturated carbocycles. The molecule has 0 atom stereocenters. The highest BCUT2D eigenvalue weighted by molar-refractivity contribution is 5.80. The molecule has 1 aliphatic heterocycles. The summed E-state index contributed by atoms with van der Waals surface area (Å²) in [5.41, 5.74) is 6.99. The molecule has 1 aromatic heterocycles. The monoisotopic (exact) mass is 227 g/mol. The maximum absolute atomic E-state index is 5.92. The molecule has 1 saturated heterocycles. The Hall–Kier alpha value is -1.61. The summed E-state index contributed by atoms with van der Waals surface area (Å²) < 4.78 is 0. The highest BCUT2D eigenvalue weighted by Crippen LogP contribution is 2.20. The smallest absolute Gasteiger partial charge is 0.129 e. The van der Waals surface area contributed by atoms with E-state index in [0.29, 0.717) is 6.04 Å². The summed E-state index contributed by atoms with van der Waals surface area (Å²) >= 11 is 0. The first-order valence-corrected chi connectivity index (χ1v) is 6.19. The van der Waals surface area contributed by atoms with Crippen LogP contribution in [0.2, 0.25) is 0 Å². The van der Waals surface area contributed by atoms with Gasteiger partial charge in [0.05, 0.1) is 5.52 Å². The number of benzene rings is 1. The third-order valence-electron chi connectivity index (χ3n) is 3.45. The van der Waals surface area contributed by atoms with Crippen LogP contribution in [-0.4, -0.2) is 24.1 Å². The normalized spacial score (nSPS) is 17.6. The molecular formula is C14H17N3. The number of hydrogen-bond acceptors (Lipinski definition) is 3. The Balaban J connectivity index is 1.90. The van der Waals surface area contributed by atoms with E-state index in [-0.39, 0.29) is 0 Å². The quantitative estimate of drug-likeness (QED) is 0.811. The summed E-state index contributed by atoms with van der Waals surface area (Å²) in [5, 5.41) is 1.20. The molecule has 2 heterocycles. The van der Waals surface area contributed by atoms with E-state index >= 15 is 0 Å². The zero-order chi connectivity index (χ0) is 11.7. The van der Waals surface area contributed by atoms with E-state index in [9.17, 15) is 0 Å². The van der Waals surface area contributed by atoms with E-state index in [2.05, 4.69) is 29.2 Å². The largest absolute Gasteiger partial charge is 0.356 e. The second kappa shape index (κ2) is 4.34. The van der Waals surface area contributed by atoms with Crippen molar-refractivity contribution in [3.8, 4) is 0 Å². The van der Waals surface area contributed by atoms with Gasteiger partial charge in [0.15, 0.2) is 0 Å². The zero-order valence-corrected chi connectivity index (χ0v) is 9.84. The van der Waals surface area contributed by atoms with E-state index in [0.717, 1.165) is 37.3 Å². The number of piperidine rings is 1. The molecular weight excluding hydrogens is 210 g/mol. The van der Waals surface area contributed by atoms with Crippen LogP contribution in [0.5, 0.6) is 0 Å². The molecule has 0 bridgehead atoms. The number of nitrogens with zero attached hydrogens (tertiary/aromatic N) is 2. The fraction of sp³-hybridized carbons (Fsp3) is 0.357. The summed E-state index contributed by atoms with van der Waals surface area (Å²) in [5.74, 6) is 1.08. The molecule has 1 aromatic carbocycles. The Morgan fingerprint density at radius 3 is 2.65 bits per heavy atom. The molecule has 3 nitrogen and oxygen atoms in total. The van der Waals surface area contributed by atoms with Gasteiger partial charge in [-0.25, -0.2) is 4.98 Å². The van der Waals surface area contributed by atoms with Gasteiger partial charge in [-0.1, -0.05) is 18.2 Å². The third kappa shape index (κ3) is 2.11. The van der Waals surface area contributed by atoms with Crippen LogP contribution in [0.15, 0.2) is 36.4 Å². The first-order chi connectivity index (χ1) is 8.33. The highest BCUT2D eigenvalue weighted by Gasteiger charge is 2.17. The van der Waals surface area contributed by atoms with Gasteiger partial charge in [0.1, 0.15) is 5.82 Å². The van der Waals surface area contributed by atoms with Gasteiger partial charge in [-0.3, -0.25) is 0 Å². The first kappa shape index (κ1) is 10.5. The van der Waals surface area contributed by atoms with Crippen molar-refractivity contribution in [2.75, 3.05) is 18.0 Å². The van der Waals surface area contributed by atoms with Crippen LogP contribution in [0, 0.1) is 0 Å². The van der Waals surface area contributed by atoms with E-state index in [1.807, 2.05) is 12.1 Å². The number of para-hydroxylation sites is 1. The number of rotatable bonds is 1. The standard InChI is InChI=1S/C14H17N3/c15-12-7-9-17(10-8-12)14-6-5-11-3-1-2-4-13(11)16-14/h1-6,12H,7-10,15H2. The van der Waals surface area contributed by atoms with Crippen molar-refractivity contribution in [1.29, 1.82) is 0 Å². The van der Waals surface area contributed by atoms with Crippen molar-refractivity contribution in [3.05, 3.63) is 36.4 Å². The van der Waals surface area contributed by atoms with Gasteiger partial charge in [0, 0.05) is 24.5 Å². The number of aromatic nitrogens is 1. The second-order valence-corrected chi connectivity index (χ2v) is 4.69. The Morgan fingerprint density at radius 1 is 1.06 bits per heavy atom. The predicted molar refractivity (Wildman–Crippen MR) is 71.2 cm³/mol. The molecule has 0 radical (unpaired) electrons. The summed E-state index contributed by atoms with van der Waals surface area (Å²) in [7, 11) is 0. The molecule has 1 fully saturated rings. The van der Waals surface area contributed by atoms with Crippen molar-refractivity contribution in [2.45, 2.75) is 18.9 Å². The van der Waals surface area contributed by atoms with Crippen LogP contribution in [0.3, 0.4) is 0 Å². The average molecular weight is 227 g/mol. The lowest BCUT2D eigenvalue weighted by atomic mass is 10.1. The molecule has 0 spiro atoms. The van der Waals surface area contributed by atoms with Crippen LogP contribution in [0.4, 0.5) is 5.82 Å². The Kier molecular flexibility index (Phi) is 2.69. The van der Waals surface area contributed by atoms with Crippen LogP contribution in [0.25, 0.3) is 10.9 Å². The van der Waals surface area contributed by atoms with Crippen LogP contribution in [0.1, 0.15) is 12.8 Å². The van der Waals surface area contributed by atoms with E-state index < -0.39 is 0 Å². The van der Waals surface area contributed by atoms with Gasteiger partial charge < -0.3 is 10.6 Å². The van der Waals surface area contributed by atoms with Crippen LogP contribution < -0.4 is 10.6 Å². The van der Waals surface area contributed by atoms with Gasteiger partial charge in [0.25, 0.3) is 0 Å². The maximum atomic E-state index is 5.92. The lowest BCUT2D eigenvalue weighted by Crippen LogP contribution is -2.40. The van der Waals surface area contributed by atoms with Crippen molar-refractivity contribution in [2.24, 2.45) is 5.73 Å². The number of pyridine rings is 1. The second-order valence-electron chi connectivity index (χ2n) is 4.69. The molecule has 0 unspecified atom stereocenters. The van der Waals surface area contributed by atoms with Crippen molar-refractivity contribution >= 4 is 16.7 Å². The number of fused-ring (bicyclic) bond motifs is 1. The Bertz CT molecular complexity index is 516. The van der Waals surface area contributed by atoms with Crippen LogP contribution >= 0.6 is 0 Å². The minimum absolute atomic E-state index is 0.367. The summed E-state index contributed by atoms with van der Waals surface area (Å²) in [6, 6.07) is 12.9. The van der Waals surface area contributed by atoms with Gasteiger partial charge in [-0.15, -0.1) is 0 Å². The minimum atomic E-state index is 0.367. The molecule has 0 amide bonds. The van der Waals surface area contributed by atoms with Crippen molar-refractivity contribution < 1.29 is 0 Å². The molecule has 0 aliphatic carbocycles. The molecule has 2 N–H and O–H groups in total. The number of nitrogens with two attached hydrogens (primary N) is 1.